The van der Waals surface area contributed by atoms with Gasteiger partial charge in [-0.05, 0) is 37.5 Å². The van der Waals surface area contributed by atoms with Crippen LogP contribution in [0.2, 0.25) is 0 Å². The Morgan fingerprint density at radius 2 is 2.07 bits per heavy atom. The van der Waals surface area contributed by atoms with Crippen molar-refractivity contribution in [2.75, 3.05) is 6.54 Å². The number of aromatic nitrogens is 5. The van der Waals surface area contributed by atoms with E-state index >= 15 is 0 Å². The minimum atomic E-state index is -0.213. The standard InChI is InChI=1S/C20H20N6O2/c1-14-9-18-22-10-15(11-26(18)24-14)5-4-8-21-19(27)12-25-13-23-17-7-3-2-6-16(17)20(25)28/h2-3,6-7,9-11,13H,4-5,8,12H2,1H3,(H,21,27). The summed E-state index contributed by atoms with van der Waals surface area (Å²) in [6, 6.07) is 9.02. The molecule has 1 aromatic carbocycles. The molecule has 0 unspecified atom stereocenters. The van der Waals surface area contributed by atoms with Crippen molar-refractivity contribution in [2.45, 2.75) is 26.3 Å². The summed E-state index contributed by atoms with van der Waals surface area (Å²) in [7, 11) is 0. The maximum Gasteiger partial charge on any atom is 0.261 e. The van der Waals surface area contributed by atoms with Gasteiger partial charge in [-0.3, -0.25) is 14.2 Å². The van der Waals surface area contributed by atoms with Gasteiger partial charge in [0.05, 0.1) is 22.9 Å². The molecular weight excluding hydrogens is 356 g/mol. The molecule has 4 rings (SSSR count). The summed E-state index contributed by atoms with van der Waals surface area (Å²) >= 11 is 0. The van der Waals surface area contributed by atoms with E-state index in [1.807, 2.05) is 31.5 Å². The monoisotopic (exact) mass is 376 g/mol. The number of amides is 1. The first-order valence-electron chi connectivity index (χ1n) is 9.12. The van der Waals surface area contributed by atoms with Gasteiger partial charge in [0, 0.05) is 25.0 Å². The van der Waals surface area contributed by atoms with E-state index in [2.05, 4.69) is 20.4 Å². The molecular formula is C20H20N6O2. The molecule has 0 saturated carbocycles. The largest absolute Gasteiger partial charge is 0.355 e. The summed E-state index contributed by atoms with van der Waals surface area (Å²) in [6.07, 6.45) is 6.75. The second-order valence-electron chi connectivity index (χ2n) is 6.70. The van der Waals surface area contributed by atoms with Crippen LogP contribution in [0.3, 0.4) is 0 Å². The number of carbonyl (C=O) groups excluding carboxylic acids is 1. The Labute approximate surface area is 160 Å². The number of rotatable bonds is 6. The van der Waals surface area contributed by atoms with Gasteiger partial charge in [-0.15, -0.1) is 0 Å². The molecule has 0 atom stereocenters. The molecule has 0 aliphatic heterocycles. The average molecular weight is 376 g/mol. The Hall–Kier alpha value is -3.55. The van der Waals surface area contributed by atoms with Crippen molar-refractivity contribution >= 4 is 22.5 Å². The Balaban J connectivity index is 1.31. The number of hydrogen-bond donors (Lipinski definition) is 1. The van der Waals surface area contributed by atoms with Gasteiger partial charge in [0.25, 0.3) is 5.56 Å². The van der Waals surface area contributed by atoms with Crippen LogP contribution in [0.1, 0.15) is 17.7 Å². The molecule has 0 saturated heterocycles. The van der Waals surface area contributed by atoms with Crippen LogP contribution >= 0.6 is 0 Å². The lowest BCUT2D eigenvalue weighted by Gasteiger charge is -2.08. The second kappa shape index (κ2) is 7.59. The van der Waals surface area contributed by atoms with E-state index in [0.29, 0.717) is 17.4 Å². The number of aryl methyl sites for hydroxylation is 2. The van der Waals surface area contributed by atoms with E-state index in [0.717, 1.165) is 29.7 Å². The molecule has 1 amide bonds. The summed E-state index contributed by atoms with van der Waals surface area (Å²) < 4.78 is 3.10. The first kappa shape index (κ1) is 17.8. The van der Waals surface area contributed by atoms with E-state index in [4.69, 9.17) is 0 Å². The quantitative estimate of drug-likeness (QED) is 0.515. The topological polar surface area (TPSA) is 94.2 Å². The van der Waals surface area contributed by atoms with Gasteiger partial charge in [-0.2, -0.15) is 5.10 Å². The highest BCUT2D eigenvalue weighted by molar-refractivity contribution is 5.78. The zero-order chi connectivity index (χ0) is 19.5. The van der Waals surface area contributed by atoms with Crippen LogP contribution in [0.15, 0.2) is 53.8 Å². The predicted octanol–water partition coefficient (Wildman–Crippen LogP) is 1.50. The number of para-hydroxylation sites is 1. The highest BCUT2D eigenvalue weighted by Crippen LogP contribution is 2.07. The summed E-state index contributed by atoms with van der Waals surface area (Å²) in [5.74, 6) is -0.213. The van der Waals surface area contributed by atoms with E-state index in [9.17, 15) is 9.59 Å². The first-order chi connectivity index (χ1) is 13.6. The smallest absolute Gasteiger partial charge is 0.261 e. The molecule has 4 aromatic rings. The van der Waals surface area contributed by atoms with Gasteiger partial charge in [0.2, 0.25) is 5.91 Å². The van der Waals surface area contributed by atoms with Crippen molar-refractivity contribution in [1.29, 1.82) is 0 Å². The highest BCUT2D eigenvalue weighted by Gasteiger charge is 2.08. The highest BCUT2D eigenvalue weighted by atomic mass is 16.2. The molecule has 1 N–H and O–H groups in total. The molecule has 142 valence electrons. The molecule has 28 heavy (non-hydrogen) atoms. The molecule has 0 fully saturated rings. The lowest BCUT2D eigenvalue weighted by molar-refractivity contribution is -0.121. The molecule has 0 aliphatic carbocycles. The van der Waals surface area contributed by atoms with Crippen molar-refractivity contribution in [2.24, 2.45) is 0 Å². The number of nitrogens with one attached hydrogen (secondary N) is 1. The fourth-order valence-electron chi connectivity index (χ4n) is 3.11. The Morgan fingerprint density at radius 1 is 1.21 bits per heavy atom. The van der Waals surface area contributed by atoms with E-state index < -0.39 is 0 Å². The Bertz CT molecular complexity index is 1210. The van der Waals surface area contributed by atoms with Crippen molar-refractivity contribution in [3.63, 3.8) is 0 Å². The van der Waals surface area contributed by atoms with Crippen molar-refractivity contribution in [3.05, 3.63) is 70.7 Å². The third-order valence-corrected chi connectivity index (χ3v) is 4.50. The fourth-order valence-corrected chi connectivity index (χ4v) is 3.11. The summed E-state index contributed by atoms with van der Waals surface area (Å²) in [5, 5.41) is 7.71. The van der Waals surface area contributed by atoms with Crippen LogP contribution < -0.4 is 10.9 Å². The average Bonchev–Trinajstić information content (AvgIpc) is 3.07. The zero-order valence-corrected chi connectivity index (χ0v) is 15.5. The number of hydrogen-bond acceptors (Lipinski definition) is 5. The van der Waals surface area contributed by atoms with Gasteiger partial charge in [0.15, 0.2) is 5.65 Å². The molecule has 8 heteroatoms. The van der Waals surface area contributed by atoms with Crippen molar-refractivity contribution in [3.8, 4) is 0 Å². The van der Waals surface area contributed by atoms with Gasteiger partial charge in [-0.25, -0.2) is 14.5 Å². The number of nitrogens with zero attached hydrogens (tertiary/aromatic N) is 5. The second-order valence-corrected chi connectivity index (χ2v) is 6.70. The van der Waals surface area contributed by atoms with E-state index in [1.165, 1.54) is 10.9 Å². The third kappa shape index (κ3) is 3.75. The van der Waals surface area contributed by atoms with Gasteiger partial charge < -0.3 is 5.32 Å². The first-order valence-corrected chi connectivity index (χ1v) is 9.12. The van der Waals surface area contributed by atoms with E-state index in [1.54, 1.807) is 22.7 Å². The SMILES string of the molecule is Cc1cc2ncc(CCCNC(=O)Cn3cnc4ccccc4c3=O)cn2n1. The maximum absolute atomic E-state index is 12.4. The molecule has 3 aromatic heterocycles. The molecule has 0 spiro atoms. The molecule has 0 radical (unpaired) electrons. The molecule has 8 nitrogen and oxygen atoms in total. The van der Waals surface area contributed by atoms with Crippen LogP contribution in [-0.4, -0.2) is 36.6 Å². The van der Waals surface area contributed by atoms with Gasteiger partial charge in [0.1, 0.15) is 6.54 Å². The lowest BCUT2D eigenvalue weighted by Crippen LogP contribution is -2.33. The van der Waals surface area contributed by atoms with Crippen molar-refractivity contribution in [1.82, 2.24) is 29.5 Å². The maximum atomic E-state index is 12.4. The Morgan fingerprint density at radius 3 is 2.96 bits per heavy atom. The fraction of sp³-hybridized carbons (Fsp3) is 0.250. The molecule has 0 aliphatic rings. The predicted molar refractivity (Wildman–Crippen MR) is 105 cm³/mol. The van der Waals surface area contributed by atoms with Crippen LogP contribution in [0.25, 0.3) is 16.6 Å². The molecule has 3 heterocycles. The lowest BCUT2D eigenvalue weighted by atomic mass is 10.2. The summed E-state index contributed by atoms with van der Waals surface area (Å²) in [4.78, 5) is 33.2. The summed E-state index contributed by atoms with van der Waals surface area (Å²) in [6.45, 7) is 2.40. The zero-order valence-electron chi connectivity index (χ0n) is 15.5. The van der Waals surface area contributed by atoms with Crippen LogP contribution in [-0.2, 0) is 17.8 Å². The number of fused-ring (bicyclic) bond motifs is 2. The molecule has 0 bridgehead atoms. The van der Waals surface area contributed by atoms with E-state index in [-0.39, 0.29) is 18.0 Å². The minimum Gasteiger partial charge on any atom is -0.355 e. The number of carbonyl (C=O) groups is 1. The summed E-state index contributed by atoms with van der Waals surface area (Å²) in [5.41, 5.74) is 3.22. The minimum absolute atomic E-state index is 0.0449. The van der Waals surface area contributed by atoms with Crippen LogP contribution in [0, 0.1) is 6.92 Å². The van der Waals surface area contributed by atoms with Crippen molar-refractivity contribution < 1.29 is 4.79 Å². The van der Waals surface area contributed by atoms with Crippen LogP contribution in [0.5, 0.6) is 0 Å². The number of benzene rings is 1. The van der Waals surface area contributed by atoms with Crippen LogP contribution in [0.4, 0.5) is 0 Å². The normalized spacial score (nSPS) is 11.2. The Kier molecular flexibility index (Phi) is 4.84. The van der Waals surface area contributed by atoms with Gasteiger partial charge in [-0.1, -0.05) is 12.1 Å². The van der Waals surface area contributed by atoms with Gasteiger partial charge >= 0.3 is 0 Å². The third-order valence-electron chi connectivity index (χ3n) is 4.50.